The van der Waals surface area contributed by atoms with Crippen molar-refractivity contribution in [2.75, 3.05) is 39.7 Å². The Morgan fingerprint density at radius 3 is 2.47 bits per heavy atom. The molecule has 2 aromatic rings. The molecule has 0 fully saturated rings. The van der Waals surface area contributed by atoms with E-state index in [4.69, 9.17) is 9.47 Å². The fraction of sp³-hybridized carbons (Fsp3) is 0.538. The molecule has 2 rings (SSSR count). The highest BCUT2D eigenvalue weighted by molar-refractivity contribution is 7.99. The Hall–Kier alpha value is -2.05. The first-order chi connectivity index (χ1) is 15.6. The molecule has 1 atom stereocenters. The van der Waals surface area contributed by atoms with Crippen molar-refractivity contribution in [1.82, 2.24) is 4.90 Å². The molecule has 0 bridgehead atoms. The summed E-state index contributed by atoms with van der Waals surface area (Å²) in [5.41, 5.74) is 0. The lowest BCUT2D eigenvalue weighted by Gasteiger charge is -2.27. The Labute approximate surface area is 196 Å². The summed E-state index contributed by atoms with van der Waals surface area (Å²) in [5.74, 6) is 0.280. The van der Waals surface area contributed by atoms with Crippen LogP contribution >= 0.6 is 11.8 Å². The first-order valence-corrected chi connectivity index (χ1v) is 12.5. The third-order valence-electron chi connectivity index (χ3n) is 5.57. The van der Waals surface area contributed by atoms with Gasteiger partial charge in [-0.25, -0.2) is 0 Å². The number of nitrogens with zero attached hydrogens (tertiary/aromatic N) is 1. The average Bonchev–Trinajstić information content (AvgIpc) is 2.82. The van der Waals surface area contributed by atoms with Gasteiger partial charge in [0.2, 0.25) is 5.91 Å². The van der Waals surface area contributed by atoms with Crippen molar-refractivity contribution in [3.05, 3.63) is 42.5 Å². The summed E-state index contributed by atoms with van der Waals surface area (Å²) >= 11 is 1.68. The minimum atomic E-state index is -0.268. The number of rotatable bonds is 15. The number of carbonyl (C=O) groups excluding carboxylic acids is 2. The Kier molecular flexibility index (Phi) is 12.2. The summed E-state index contributed by atoms with van der Waals surface area (Å²) in [4.78, 5) is 28.4. The smallest absolute Gasteiger partial charge is 0.305 e. The fourth-order valence-corrected chi connectivity index (χ4v) is 4.75. The van der Waals surface area contributed by atoms with E-state index >= 15 is 0 Å². The predicted molar refractivity (Wildman–Crippen MR) is 132 cm³/mol. The molecule has 6 heteroatoms. The highest BCUT2D eigenvalue weighted by Crippen LogP contribution is 2.27. The number of fused-ring (bicyclic) bond motifs is 1. The Bertz CT molecular complexity index is 831. The maximum atomic E-state index is 13.5. The van der Waals surface area contributed by atoms with E-state index in [1.54, 1.807) is 18.9 Å². The number of ether oxygens (including phenoxy) is 2. The molecule has 0 aliphatic heterocycles. The van der Waals surface area contributed by atoms with Crippen molar-refractivity contribution in [3.63, 3.8) is 0 Å². The average molecular weight is 460 g/mol. The van der Waals surface area contributed by atoms with Crippen LogP contribution in [0.1, 0.15) is 45.4 Å². The fourth-order valence-electron chi connectivity index (χ4n) is 3.67. The van der Waals surface area contributed by atoms with Crippen LogP contribution in [0.5, 0.6) is 0 Å². The highest BCUT2D eigenvalue weighted by atomic mass is 32.2. The summed E-state index contributed by atoms with van der Waals surface area (Å²) in [5, 5.41) is 2.39. The van der Waals surface area contributed by atoms with E-state index in [-0.39, 0.29) is 24.2 Å². The van der Waals surface area contributed by atoms with E-state index < -0.39 is 0 Å². The van der Waals surface area contributed by atoms with Crippen molar-refractivity contribution >= 4 is 34.4 Å². The first-order valence-electron chi connectivity index (χ1n) is 11.5. The van der Waals surface area contributed by atoms with Gasteiger partial charge in [-0.2, -0.15) is 0 Å². The van der Waals surface area contributed by atoms with Gasteiger partial charge in [0.25, 0.3) is 0 Å². The lowest BCUT2D eigenvalue weighted by molar-refractivity contribution is -0.141. The Morgan fingerprint density at radius 1 is 1.00 bits per heavy atom. The quantitative estimate of drug-likeness (QED) is 0.198. The largest absolute Gasteiger partial charge is 0.469 e. The van der Waals surface area contributed by atoms with Crippen LogP contribution in [-0.4, -0.2) is 56.4 Å². The van der Waals surface area contributed by atoms with Crippen LogP contribution in [0, 0.1) is 5.92 Å². The molecule has 0 radical (unpaired) electrons. The number of carbonyl (C=O) groups is 2. The molecule has 32 heavy (non-hydrogen) atoms. The number of methoxy groups -OCH3 is 2. The number of hydrogen-bond acceptors (Lipinski definition) is 5. The minimum Gasteiger partial charge on any atom is -0.469 e. The lowest BCUT2D eigenvalue weighted by Crippen LogP contribution is -2.39. The molecular formula is C26H37NO4S. The molecule has 0 N–H and O–H groups in total. The Morgan fingerprint density at radius 2 is 1.75 bits per heavy atom. The van der Waals surface area contributed by atoms with Gasteiger partial charge >= 0.3 is 5.97 Å². The van der Waals surface area contributed by atoms with Crippen LogP contribution in [0.2, 0.25) is 0 Å². The SMILES string of the molecule is CCCCCN(CCCOC)C(=O)C(CCC(=O)OC)CSc1ccc2ccccc2c1. The van der Waals surface area contributed by atoms with E-state index in [1.165, 1.54) is 17.9 Å². The van der Waals surface area contributed by atoms with E-state index in [9.17, 15) is 9.59 Å². The summed E-state index contributed by atoms with van der Waals surface area (Å²) < 4.78 is 10.0. The maximum absolute atomic E-state index is 13.5. The first kappa shape index (κ1) is 26.2. The molecule has 1 amide bonds. The summed E-state index contributed by atoms with van der Waals surface area (Å²) in [7, 11) is 3.08. The zero-order chi connectivity index (χ0) is 23.2. The molecule has 0 spiro atoms. The van der Waals surface area contributed by atoms with Gasteiger partial charge in [-0.1, -0.05) is 50.1 Å². The molecule has 0 aromatic heterocycles. The zero-order valence-corrected chi connectivity index (χ0v) is 20.5. The van der Waals surface area contributed by atoms with Gasteiger partial charge in [-0.05, 0) is 42.2 Å². The van der Waals surface area contributed by atoms with E-state index in [0.29, 0.717) is 25.3 Å². The molecular weight excluding hydrogens is 422 g/mol. The van der Waals surface area contributed by atoms with Gasteiger partial charge < -0.3 is 14.4 Å². The second-order valence-electron chi connectivity index (χ2n) is 8.01. The molecule has 0 aliphatic rings. The molecule has 0 heterocycles. The van der Waals surface area contributed by atoms with Crippen LogP contribution in [0.3, 0.4) is 0 Å². The van der Waals surface area contributed by atoms with Crippen molar-refractivity contribution in [2.45, 2.75) is 50.3 Å². The van der Waals surface area contributed by atoms with Crippen LogP contribution in [0.25, 0.3) is 10.8 Å². The molecule has 2 aromatic carbocycles. The number of benzene rings is 2. The minimum absolute atomic E-state index is 0.134. The summed E-state index contributed by atoms with van der Waals surface area (Å²) in [6.07, 6.45) is 4.79. The van der Waals surface area contributed by atoms with Crippen LogP contribution in [0.4, 0.5) is 0 Å². The van der Waals surface area contributed by atoms with Gasteiger partial charge in [0.05, 0.1) is 7.11 Å². The van der Waals surface area contributed by atoms with Crippen LogP contribution in [0.15, 0.2) is 47.4 Å². The van der Waals surface area contributed by atoms with Gasteiger partial charge in [0.1, 0.15) is 0 Å². The number of hydrogen-bond donors (Lipinski definition) is 0. The number of amides is 1. The number of thioether (sulfide) groups is 1. The normalized spacial score (nSPS) is 12.0. The van der Waals surface area contributed by atoms with Crippen molar-refractivity contribution in [3.8, 4) is 0 Å². The molecule has 0 saturated heterocycles. The topological polar surface area (TPSA) is 55.8 Å². The Balaban J connectivity index is 2.10. The van der Waals surface area contributed by atoms with Crippen molar-refractivity contribution in [2.24, 2.45) is 5.92 Å². The monoisotopic (exact) mass is 459 g/mol. The van der Waals surface area contributed by atoms with Crippen LogP contribution < -0.4 is 0 Å². The van der Waals surface area contributed by atoms with E-state index in [1.807, 2.05) is 17.0 Å². The highest BCUT2D eigenvalue weighted by Gasteiger charge is 2.25. The van der Waals surface area contributed by atoms with E-state index in [0.717, 1.165) is 37.1 Å². The second-order valence-corrected chi connectivity index (χ2v) is 9.10. The van der Waals surface area contributed by atoms with Gasteiger partial charge in [-0.15, -0.1) is 11.8 Å². The number of esters is 1. The lowest BCUT2D eigenvalue weighted by atomic mass is 10.0. The maximum Gasteiger partial charge on any atom is 0.305 e. The van der Waals surface area contributed by atoms with Crippen LogP contribution in [-0.2, 0) is 19.1 Å². The molecule has 5 nitrogen and oxygen atoms in total. The summed E-state index contributed by atoms with van der Waals surface area (Å²) in [6, 6.07) is 14.7. The molecule has 176 valence electrons. The standard InChI is InChI=1S/C26H37NO4S/c1-4-5-8-16-27(17-9-18-30-2)26(29)23(13-15-25(28)31-3)20-32-24-14-12-21-10-6-7-11-22(21)19-24/h6-7,10-12,14,19,23H,4-5,8-9,13,15-18,20H2,1-3H3. The van der Waals surface area contributed by atoms with Gasteiger partial charge in [0.15, 0.2) is 0 Å². The van der Waals surface area contributed by atoms with E-state index in [2.05, 4.69) is 37.3 Å². The van der Waals surface area contributed by atoms with Crippen molar-refractivity contribution < 1.29 is 19.1 Å². The molecule has 0 saturated carbocycles. The second kappa shape index (κ2) is 14.9. The number of unbranched alkanes of at least 4 members (excludes halogenated alkanes) is 2. The molecule has 1 unspecified atom stereocenters. The van der Waals surface area contributed by atoms with Gasteiger partial charge in [-0.3, -0.25) is 9.59 Å². The third kappa shape index (κ3) is 8.83. The molecule has 0 aliphatic carbocycles. The van der Waals surface area contributed by atoms with Gasteiger partial charge in [0, 0.05) is 49.8 Å². The van der Waals surface area contributed by atoms with Crippen molar-refractivity contribution in [1.29, 1.82) is 0 Å². The predicted octanol–water partition coefficient (Wildman–Crippen LogP) is 5.56. The zero-order valence-electron chi connectivity index (χ0n) is 19.7. The summed E-state index contributed by atoms with van der Waals surface area (Å²) in [6.45, 7) is 4.24. The third-order valence-corrected chi connectivity index (χ3v) is 6.72.